The number of hydrogen-bond donors (Lipinski definition) is 1. The molecule has 1 N–H and O–H groups in total. The third kappa shape index (κ3) is 3.86. The fraction of sp³-hybridized carbons (Fsp3) is 0.273. The molecule has 0 bridgehead atoms. The maximum absolute atomic E-state index is 13.2. The van der Waals surface area contributed by atoms with E-state index in [0.29, 0.717) is 34.0 Å². The molecule has 160 valence electrons. The molecule has 8 nitrogen and oxygen atoms in total. The number of nitrogens with zero attached hydrogens (tertiary/aromatic N) is 4. The third-order valence-electron chi connectivity index (χ3n) is 5.05. The van der Waals surface area contributed by atoms with Crippen LogP contribution in [0.4, 0.5) is 0 Å². The molecule has 1 amide bonds. The minimum atomic E-state index is -0.407. The average molecular weight is 440 g/mol. The molecule has 0 spiro atoms. The van der Waals surface area contributed by atoms with Gasteiger partial charge in [0.2, 0.25) is 5.78 Å². The molecule has 0 fully saturated rings. The van der Waals surface area contributed by atoms with Crippen LogP contribution in [-0.4, -0.2) is 31.2 Å². The number of halogens is 1. The summed E-state index contributed by atoms with van der Waals surface area (Å²) < 4.78 is 3.97. The van der Waals surface area contributed by atoms with Crippen LogP contribution in [0.15, 0.2) is 52.1 Å². The Hall–Kier alpha value is -3.39. The second-order valence-electron chi connectivity index (χ2n) is 7.91. The van der Waals surface area contributed by atoms with Gasteiger partial charge in [-0.3, -0.25) is 14.2 Å². The highest BCUT2D eigenvalue weighted by Crippen LogP contribution is 2.15. The van der Waals surface area contributed by atoms with Gasteiger partial charge in [0.05, 0.1) is 17.4 Å². The summed E-state index contributed by atoms with van der Waals surface area (Å²) in [6.45, 7) is 4.73. The van der Waals surface area contributed by atoms with Gasteiger partial charge in [-0.25, -0.2) is 13.9 Å². The molecule has 4 rings (SSSR count). The topological polar surface area (TPSA) is 90.4 Å². The summed E-state index contributed by atoms with van der Waals surface area (Å²) in [7, 11) is 1.57. The molecular formula is C22H22ClN5O3. The first-order valence-corrected chi connectivity index (χ1v) is 10.3. The highest BCUT2D eigenvalue weighted by Gasteiger charge is 2.17. The molecule has 0 aliphatic heterocycles. The van der Waals surface area contributed by atoms with Gasteiger partial charge in [0.25, 0.3) is 11.5 Å². The van der Waals surface area contributed by atoms with Crippen LogP contribution in [0.25, 0.3) is 16.7 Å². The molecule has 2 heterocycles. The van der Waals surface area contributed by atoms with Gasteiger partial charge in [-0.2, -0.15) is 0 Å². The zero-order valence-corrected chi connectivity index (χ0v) is 18.2. The molecule has 0 aliphatic carbocycles. The van der Waals surface area contributed by atoms with Crippen molar-refractivity contribution in [3.8, 4) is 0 Å². The average Bonchev–Trinajstić information content (AvgIpc) is 3.06. The normalized spacial score (nSPS) is 11.5. The second kappa shape index (κ2) is 8.03. The first kappa shape index (κ1) is 20.9. The number of fused-ring (bicyclic) bond motifs is 3. The Bertz CT molecular complexity index is 1430. The molecule has 0 aliphatic rings. The van der Waals surface area contributed by atoms with E-state index in [2.05, 4.69) is 10.4 Å². The lowest BCUT2D eigenvalue weighted by Crippen LogP contribution is -2.28. The Labute approximate surface area is 182 Å². The fourth-order valence-electron chi connectivity index (χ4n) is 3.44. The molecule has 0 saturated heterocycles. The number of amides is 1. The first-order chi connectivity index (χ1) is 14.8. The van der Waals surface area contributed by atoms with E-state index in [9.17, 15) is 14.4 Å². The van der Waals surface area contributed by atoms with Gasteiger partial charge in [0, 0.05) is 24.2 Å². The van der Waals surface area contributed by atoms with Crippen LogP contribution >= 0.6 is 11.6 Å². The number of rotatable bonds is 5. The summed E-state index contributed by atoms with van der Waals surface area (Å²) in [5, 5.41) is 8.11. The van der Waals surface area contributed by atoms with Crippen LogP contribution in [-0.2, 0) is 13.6 Å². The SMILES string of the molecule is CC(C)CNC(=O)c1ccc2c(=O)n(C)c3nn(Cc4cccc(Cl)c4)c(=O)n3c2c1. The predicted molar refractivity (Wildman–Crippen MR) is 120 cm³/mol. The predicted octanol–water partition coefficient (Wildman–Crippen LogP) is 2.44. The lowest BCUT2D eigenvalue weighted by molar-refractivity contribution is 0.0949. The van der Waals surface area contributed by atoms with Gasteiger partial charge in [0.1, 0.15) is 0 Å². The van der Waals surface area contributed by atoms with Crippen LogP contribution in [0.1, 0.15) is 29.8 Å². The van der Waals surface area contributed by atoms with Crippen LogP contribution in [0.2, 0.25) is 5.02 Å². The standard InChI is InChI=1S/C22H22ClN5O3/c1-13(2)11-24-19(29)15-7-8-17-18(10-15)28-21(26(3)20(17)30)25-27(22(28)31)12-14-5-4-6-16(23)9-14/h4-10,13H,11-12H2,1-3H3,(H,24,29). The summed E-state index contributed by atoms with van der Waals surface area (Å²) >= 11 is 6.05. The maximum atomic E-state index is 13.2. The molecule has 0 radical (unpaired) electrons. The largest absolute Gasteiger partial charge is 0.352 e. The Morgan fingerprint density at radius 2 is 1.94 bits per heavy atom. The number of benzene rings is 2. The molecule has 0 unspecified atom stereocenters. The van der Waals surface area contributed by atoms with Crippen molar-refractivity contribution in [2.45, 2.75) is 20.4 Å². The number of nitrogens with one attached hydrogen (secondary N) is 1. The molecule has 4 aromatic rings. The third-order valence-corrected chi connectivity index (χ3v) is 5.29. The lowest BCUT2D eigenvalue weighted by atomic mass is 10.1. The van der Waals surface area contributed by atoms with E-state index in [1.165, 1.54) is 13.6 Å². The highest BCUT2D eigenvalue weighted by molar-refractivity contribution is 6.30. The number of carbonyl (C=O) groups is 1. The first-order valence-electron chi connectivity index (χ1n) is 9.91. The smallest absolute Gasteiger partial charge is 0.352 e. The van der Waals surface area contributed by atoms with E-state index >= 15 is 0 Å². The van der Waals surface area contributed by atoms with Crippen LogP contribution in [0.5, 0.6) is 0 Å². The maximum Gasteiger partial charge on any atom is 0.352 e. The van der Waals surface area contributed by atoms with Gasteiger partial charge in [0.15, 0.2) is 0 Å². The van der Waals surface area contributed by atoms with Crippen LogP contribution < -0.4 is 16.6 Å². The number of carbonyl (C=O) groups excluding carboxylic acids is 1. The molecule has 2 aromatic heterocycles. The van der Waals surface area contributed by atoms with Gasteiger partial charge in [-0.15, -0.1) is 5.10 Å². The van der Waals surface area contributed by atoms with E-state index < -0.39 is 5.69 Å². The van der Waals surface area contributed by atoms with Crippen molar-refractivity contribution in [2.75, 3.05) is 6.54 Å². The monoisotopic (exact) mass is 439 g/mol. The Morgan fingerprint density at radius 1 is 1.16 bits per heavy atom. The van der Waals surface area contributed by atoms with Crippen molar-refractivity contribution in [1.29, 1.82) is 0 Å². The molecule has 9 heteroatoms. The van der Waals surface area contributed by atoms with Gasteiger partial charge in [-0.1, -0.05) is 37.6 Å². The lowest BCUT2D eigenvalue weighted by Gasteiger charge is -2.09. The van der Waals surface area contributed by atoms with E-state index in [4.69, 9.17) is 11.6 Å². The minimum absolute atomic E-state index is 0.198. The summed E-state index contributed by atoms with van der Waals surface area (Å²) in [6, 6.07) is 11.9. The van der Waals surface area contributed by atoms with Crippen LogP contribution in [0.3, 0.4) is 0 Å². The molecule has 2 aromatic carbocycles. The van der Waals surface area contributed by atoms with E-state index in [-0.39, 0.29) is 23.8 Å². The zero-order chi connectivity index (χ0) is 22.3. The van der Waals surface area contributed by atoms with Crippen molar-refractivity contribution in [2.24, 2.45) is 13.0 Å². The summed E-state index contributed by atoms with van der Waals surface area (Å²) in [5.74, 6) is 0.240. The van der Waals surface area contributed by atoms with Gasteiger partial charge >= 0.3 is 5.69 Å². The zero-order valence-electron chi connectivity index (χ0n) is 17.4. The summed E-state index contributed by atoms with van der Waals surface area (Å²) in [5.41, 5.74) is 0.822. The van der Waals surface area contributed by atoms with Crippen molar-refractivity contribution in [3.05, 3.63) is 79.5 Å². The van der Waals surface area contributed by atoms with Crippen molar-refractivity contribution < 1.29 is 4.79 Å². The van der Waals surface area contributed by atoms with E-state index in [1.807, 2.05) is 19.9 Å². The molecular weight excluding hydrogens is 418 g/mol. The molecule has 0 saturated carbocycles. The Kier molecular flexibility index (Phi) is 5.41. The highest BCUT2D eigenvalue weighted by atomic mass is 35.5. The Morgan fingerprint density at radius 3 is 2.65 bits per heavy atom. The van der Waals surface area contributed by atoms with E-state index in [0.717, 1.165) is 5.56 Å². The van der Waals surface area contributed by atoms with Crippen molar-refractivity contribution >= 4 is 34.2 Å². The quantitative estimate of drug-likeness (QED) is 0.517. The number of aromatic nitrogens is 4. The second-order valence-corrected chi connectivity index (χ2v) is 8.34. The van der Waals surface area contributed by atoms with Gasteiger partial charge in [-0.05, 0) is 41.8 Å². The van der Waals surface area contributed by atoms with Gasteiger partial charge < -0.3 is 5.32 Å². The van der Waals surface area contributed by atoms with Crippen molar-refractivity contribution in [1.82, 2.24) is 24.1 Å². The van der Waals surface area contributed by atoms with Crippen LogP contribution in [0, 0.1) is 5.92 Å². The number of hydrogen-bond acceptors (Lipinski definition) is 4. The summed E-state index contributed by atoms with van der Waals surface area (Å²) in [4.78, 5) is 38.6. The molecule has 31 heavy (non-hydrogen) atoms. The number of aryl methyl sites for hydroxylation is 1. The van der Waals surface area contributed by atoms with E-state index in [1.54, 1.807) is 43.4 Å². The summed E-state index contributed by atoms with van der Waals surface area (Å²) in [6.07, 6.45) is 0. The fourth-order valence-corrected chi connectivity index (χ4v) is 3.66. The minimum Gasteiger partial charge on any atom is -0.352 e. The molecule has 0 atom stereocenters. The Balaban J connectivity index is 1.89. The van der Waals surface area contributed by atoms with Crippen molar-refractivity contribution in [3.63, 3.8) is 0 Å².